The van der Waals surface area contributed by atoms with Gasteiger partial charge in [-0.3, -0.25) is 4.79 Å². The molecule has 0 spiro atoms. The standard InChI is InChI=1S/C27H30F2N4O3/c1-17-5-8-20(9-6-17)33-24(18-11-13-32(14-12-18)26(35)36-27(2,3)4)21(16-30-33)25(34)31-23-15-19(28)7-10-22(23)29/h5-10,15-16,18H,11-14H2,1-4H3,(H,31,34). The number of nitrogens with zero attached hydrogens (tertiary/aromatic N) is 3. The summed E-state index contributed by atoms with van der Waals surface area (Å²) in [5, 5.41) is 6.96. The van der Waals surface area contributed by atoms with Crippen LogP contribution in [0.2, 0.25) is 0 Å². The van der Waals surface area contributed by atoms with Crippen LogP contribution in [0.25, 0.3) is 5.69 Å². The van der Waals surface area contributed by atoms with E-state index >= 15 is 0 Å². The average molecular weight is 497 g/mol. The highest BCUT2D eigenvalue weighted by atomic mass is 19.1. The quantitative estimate of drug-likeness (QED) is 0.493. The molecule has 190 valence electrons. The Hall–Kier alpha value is -3.75. The summed E-state index contributed by atoms with van der Waals surface area (Å²) in [4.78, 5) is 27.4. The number of amides is 2. The second kappa shape index (κ2) is 10.1. The van der Waals surface area contributed by atoms with E-state index in [4.69, 9.17) is 4.74 Å². The average Bonchev–Trinajstić information content (AvgIpc) is 3.26. The summed E-state index contributed by atoms with van der Waals surface area (Å²) < 4.78 is 35.1. The fourth-order valence-electron chi connectivity index (χ4n) is 4.26. The maximum absolute atomic E-state index is 14.2. The highest BCUT2D eigenvalue weighted by Crippen LogP contribution is 2.33. The monoisotopic (exact) mass is 496 g/mol. The Morgan fingerprint density at radius 2 is 1.72 bits per heavy atom. The van der Waals surface area contributed by atoms with Gasteiger partial charge in [0.1, 0.15) is 17.2 Å². The van der Waals surface area contributed by atoms with Gasteiger partial charge in [-0.15, -0.1) is 0 Å². The number of hydrogen-bond donors (Lipinski definition) is 1. The zero-order chi connectivity index (χ0) is 26.0. The third kappa shape index (κ3) is 5.72. The molecule has 1 fully saturated rings. The molecule has 0 bridgehead atoms. The van der Waals surface area contributed by atoms with Gasteiger partial charge in [0.2, 0.25) is 0 Å². The largest absolute Gasteiger partial charge is 0.444 e. The first kappa shape index (κ1) is 25.3. The second-order valence-corrected chi connectivity index (χ2v) is 10.0. The molecule has 2 aromatic carbocycles. The van der Waals surface area contributed by atoms with E-state index in [1.165, 1.54) is 6.20 Å². The van der Waals surface area contributed by atoms with Crippen LogP contribution < -0.4 is 5.32 Å². The zero-order valence-electron chi connectivity index (χ0n) is 20.8. The maximum Gasteiger partial charge on any atom is 0.410 e. The normalized spacial score (nSPS) is 14.6. The first-order valence-electron chi connectivity index (χ1n) is 11.9. The Labute approximate surface area is 209 Å². The van der Waals surface area contributed by atoms with E-state index in [-0.39, 0.29) is 23.3 Å². The van der Waals surface area contributed by atoms with Crippen molar-refractivity contribution < 1.29 is 23.1 Å². The summed E-state index contributed by atoms with van der Waals surface area (Å²) in [6.07, 6.45) is 2.26. The molecule has 4 rings (SSSR count). The second-order valence-electron chi connectivity index (χ2n) is 10.0. The Balaban J connectivity index is 1.63. The van der Waals surface area contributed by atoms with Crippen LogP contribution in [0.1, 0.15) is 61.1 Å². The van der Waals surface area contributed by atoms with Gasteiger partial charge in [0.05, 0.1) is 28.8 Å². The first-order valence-corrected chi connectivity index (χ1v) is 11.9. The summed E-state index contributed by atoms with van der Waals surface area (Å²) in [7, 11) is 0. The molecule has 7 nitrogen and oxygen atoms in total. The molecular formula is C27H30F2N4O3. The van der Waals surface area contributed by atoms with E-state index in [0.717, 1.165) is 29.4 Å². The number of anilines is 1. The van der Waals surface area contributed by atoms with Crippen LogP contribution in [0, 0.1) is 18.6 Å². The number of hydrogen-bond acceptors (Lipinski definition) is 4. The van der Waals surface area contributed by atoms with Gasteiger partial charge in [-0.2, -0.15) is 5.10 Å². The number of benzene rings is 2. The minimum atomic E-state index is -0.733. The lowest BCUT2D eigenvalue weighted by Gasteiger charge is -2.34. The molecule has 1 N–H and O–H groups in total. The first-order chi connectivity index (χ1) is 17.0. The SMILES string of the molecule is Cc1ccc(-n2ncc(C(=O)Nc3cc(F)ccc3F)c2C2CCN(C(=O)OC(C)(C)C)CC2)cc1. The van der Waals surface area contributed by atoms with E-state index in [9.17, 15) is 18.4 Å². The van der Waals surface area contributed by atoms with E-state index in [1.54, 1.807) is 9.58 Å². The van der Waals surface area contributed by atoms with Gasteiger partial charge in [-0.05, 0) is 64.8 Å². The lowest BCUT2D eigenvalue weighted by Crippen LogP contribution is -2.41. The van der Waals surface area contributed by atoms with Crippen LogP contribution in [0.15, 0.2) is 48.7 Å². The minimum absolute atomic E-state index is 0.0920. The van der Waals surface area contributed by atoms with Crippen LogP contribution >= 0.6 is 0 Å². The summed E-state index contributed by atoms with van der Waals surface area (Å²) in [6.45, 7) is 8.36. The molecule has 9 heteroatoms. The lowest BCUT2D eigenvalue weighted by molar-refractivity contribution is 0.0203. The van der Waals surface area contributed by atoms with E-state index in [2.05, 4.69) is 10.4 Å². The highest BCUT2D eigenvalue weighted by Gasteiger charge is 2.32. The Morgan fingerprint density at radius 3 is 2.36 bits per heavy atom. The van der Waals surface area contributed by atoms with Crippen molar-refractivity contribution in [2.24, 2.45) is 0 Å². The van der Waals surface area contributed by atoms with E-state index in [0.29, 0.717) is 31.6 Å². The van der Waals surface area contributed by atoms with Crippen LogP contribution in [-0.4, -0.2) is 45.4 Å². The molecule has 0 unspecified atom stereocenters. The van der Waals surface area contributed by atoms with Crippen molar-refractivity contribution in [1.82, 2.24) is 14.7 Å². The number of likely N-dealkylation sites (tertiary alicyclic amines) is 1. The molecule has 0 atom stereocenters. The molecule has 3 aromatic rings. The van der Waals surface area contributed by atoms with Gasteiger partial charge in [0.25, 0.3) is 5.91 Å². The topological polar surface area (TPSA) is 76.5 Å². The van der Waals surface area contributed by atoms with Gasteiger partial charge in [0, 0.05) is 25.1 Å². The number of aromatic nitrogens is 2. The number of ether oxygens (including phenoxy) is 1. The lowest BCUT2D eigenvalue weighted by atomic mass is 9.90. The van der Waals surface area contributed by atoms with Crippen molar-refractivity contribution in [1.29, 1.82) is 0 Å². The van der Waals surface area contributed by atoms with Gasteiger partial charge < -0.3 is 15.0 Å². The Kier molecular flexibility index (Phi) is 7.10. The maximum atomic E-state index is 14.2. The fraction of sp³-hybridized carbons (Fsp3) is 0.370. The molecule has 1 aromatic heterocycles. The molecule has 0 saturated carbocycles. The molecular weight excluding hydrogens is 466 g/mol. The number of nitrogens with one attached hydrogen (secondary N) is 1. The van der Waals surface area contributed by atoms with Crippen LogP contribution in [0.5, 0.6) is 0 Å². The molecule has 0 aliphatic carbocycles. The van der Waals surface area contributed by atoms with E-state index < -0.39 is 23.1 Å². The zero-order valence-corrected chi connectivity index (χ0v) is 20.8. The minimum Gasteiger partial charge on any atom is -0.444 e. The fourth-order valence-corrected chi connectivity index (χ4v) is 4.26. The molecule has 1 aliphatic rings. The summed E-state index contributed by atoms with van der Waals surface area (Å²) >= 11 is 0. The summed E-state index contributed by atoms with van der Waals surface area (Å²) in [5.74, 6) is -2.06. The molecule has 1 aliphatic heterocycles. The molecule has 0 radical (unpaired) electrons. The molecule has 2 amide bonds. The van der Waals surface area contributed by atoms with Gasteiger partial charge in [0.15, 0.2) is 0 Å². The number of halogens is 2. The number of aryl methyl sites for hydroxylation is 1. The predicted molar refractivity (Wildman–Crippen MR) is 132 cm³/mol. The van der Waals surface area contributed by atoms with Crippen molar-refractivity contribution >= 4 is 17.7 Å². The molecule has 2 heterocycles. The van der Waals surface area contributed by atoms with Crippen LogP contribution in [0.4, 0.5) is 19.3 Å². The predicted octanol–water partition coefficient (Wildman–Crippen LogP) is 5.83. The third-order valence-electron chi connectivity index (χ3n) is 6.04. The number of rotatable bonds is 4. The number of carbonyl (C=O) groups excluding carboxylic acids is 2. The van der Waals surface area contributed by atoms with Crippen molar-refractivity contribution in [3.05, 3.63) is 77.1 Å². The Bertz CT molecular complexity index is 1260. The van der Waals surface area contributed by atoms with Crippen molar-refractivity contribution in [3.8, 4) is 5.69 Å². The van der Waals surface area contributed by atoms with Crippen LogP contribution in [0.3, 0.4) is 0 Å². The summed E-state index contributed by atoms with van der Waals surface area (Å²) in [5.41, 5.74) is 1.97. The van der Waals surface area contributed by atoms with Gasteiger partial charge >= 0.3 is 6.09 Å². The van der Waals surface area contributed by atoms with Crippen molar-refractivity contribution in [3.63, 3.8) is 0 Å². The van der Waals surface area contributed by atoms with Crippen molar-refractivity contribution in [2.45, 2.75) is 52.1 Å². The highest BCUT2D eigenvalue weighted by molar-refractivity contribution is 6.05. The van der Waals surface area contributed by atoms with Crippen LogP contribution in [-0.2, 0) is 4.74 Å². The molecule has 1 saturated heterocycles. The van der Waals surface area contributed by atoms with Gasteiger partial charge in [-0.25, -0.2) is 18.3 Å². The molecule has 36 heavy (non-hydrogen) atoms. The van der Waals surface area contributed by atoms with E-state index in [1.807, 2.05) is 52.0 Å². The van der Waals surface area contributed by atoms with Crippen molar-refractivity contribution in [2.75, 3.05) is 18.4 Å². The third-order valence-corrected chi connectivity index (χ3v) is 6.04. The Morgan fingerprint density at radius 1 is 1.06 bits per heavy atom. The number of carbonyl (C=O) groups is 2. The van der Waals surface area contributed by atoms with Gasteiger partial charge in [-0.1, -0.05) is 17.7 Å². The summed E-state index contributed by atoms with van der Waals surface area (Å²) in [6, 6.07) is 10.6. The smallest absolute Gasteiger partial charge is 0.410 e. The number of piperidine rings is 1.